The van der Waals surface area contributed by atoms with Crippen molar-refractivity contribution in [1.82, 2.24) is 5.32 Å². The number of nitrogens with one attached hydrogen (secondary N) is 1. The highest BCUT2D eigenvalue weighted by Gasteiger charge is 1.83. The molecule has 0 aliphatic rings. The molecular formula is C10H23NO2. The average molecular weight is 189 g/mol. The van der Waals surface area contributed by atoms with Crippen LogP contribution in [0.15, 0.2) is 0 Å². The molecule has 0 aliphatic carbocycles. The molecule has 0 unspecified atom stereocenters. The van der Waals surface area contributed by atoms with E-state index in [1.54, 1.807) is 0 Å². The van der Waals surface area contributed by atoms with Crippen molar-refractivity contribution in [1.29, 1.82) is 0 Å². The molecule has 2 N–H and O–H groups in total. The van der Waals surface area contributed by atoms with Gasteiger partial charge in [-0.25, -0.2) is 0 Å². The van der Waals surface area contributed by atoms with Crippen LogP contribution in [0.2, 0.25) is 0 Å². The third-order valence-electron chi connectivity index (χ3n) is 1.41. The van der Waals surface area contributed by atoms with Crippen LogP contribution < -0.4 is 5.32 Å². The van der Waals surface area contributed by atoms with Crippen LogP contribution in [0.4, 0.5) is 0 Å². The summed E-state index contributed by atoms with van der Waals surface area (Å²) < 4.78 is 0. The van der Waals surface area contributed by atoms with E-state index in [0.29, 0.717) is 0 Å². The lowest BCUT2D eigenvalue weighted by molar-refractivity contribution is -0.134. The van der Waals surface area contributed by atoms with Crippen molar-refractivity contribution in [2.75, 3.05) is 13.1 Å². The van der Waals surface area contributed by atoms with Crippen molar-refractivity contribution in [2.24, 2.45) is 0 Å². The molecule has 3 heteroatoms. The van der Waals surface area contributed by atoms with Gasteiger partial charge in [0.1, 0.15) is 0 Å². The zero-order chi connectivity index (χ0) is 10.5. The summed E-state index contributed by atoms with van der Waals surface area (Å²) in [4.78, 5) is 9.00. The number of hydrogen-bond acceptors (Lipinski definition) is 2. The monoisotopic (exact) mass is 189 g/mol. The molecule has 0 aliphatic heterocycles. The van der Waals surface area contributed by atoms with Gasteiger partial charge < -0.3 is 10.4 Å². The molecule has 0 amide bonds. The van der Waals surface area contributed by atoms with E-state index in [9.17, 15) is 0 Å². The van der Waals surface area contributed by atoms with Crippen LogP contribution in [-0.4, -0.2) is 24.2 Å². The summed E-state index contributed by atoms with van der Waals surface area (Å²) in [5, 5.41) is 10.8. The Bertz CT molecular complexity index is 95.1. The van der Waals surface area contributed by atoms with Gasteiger partial charge in [0.2, 0.25) is 0 Å². The normalized spacial score (nSPS) is 8.85. The summed E-state index contributed by atoms with van der Waals surface area (Å²) in [5.41, 5.74) is 0. The molecule has 80 valence electrons. The van der Waals surface area contributed by atoms with Crippen LogP contribution in [-0.2, 0) is 4.79 Å². The maximum atomic E-state index is 9.00. The number of carbonyl (C=O) groups is 1. The fraction of sp³-hybridized carbons (Fsp3) is 0.900. The molecule has 0 saturated carbocycles. The second-order valence-electron chi connectivity index (χ2n) is 2.98. The maximum absolute atomic E-state index is 9.00. The van der Waals surface area contributed by atoms with Gasteiger partial charge in [0.25, 0.3) is 5.97 Å². The molecule has 0 spiro atoms. The van der Waals surface area contributed by atoms with Gasteiger partial charge in [0, 0.05) is 6.92 Å². The Morgan fingerprint density at radius 3 is 1.69 bits per heavy atom. The number of aliphatic carboxylic acids is 1. The van der Waals surface area contributed by atoms with E-state index in [2.05, 4.69) is 19.2 Å². The van der Waals surface area contributed by atoms with Gasteiger partial charge in [-0.1, -0.05) is 26.7 Å². The second-order valence-corrected chi connectivity index (χ2v) is 2.98. The van der Waals surface area contributed by atoms with Crippen LogP contribution in [0, 0.1) is 0 Å². The summed E-state index contributed by atoms with van der Waals surface area (Å²) in [6, 6.07) is 0. The Labute approximate surface area is 81.5 Å². The van der Waals surface area contributed by atoms with Crippen LogP contribution in [0.3, 0.4) is 0 Å². The van der Waals surface area contributed by atoms with Crippen LogP contribution in [0.5, 0.6) is 0 Å². The first-order chi connectivity index (χ1) is 6.15. The van der Waals surface area contributed by atoms with Crippen molar-refractivity contribution >= 4 is 5.97 Å². The van der Waals surface area contributed by atoms with Crippen molar-refractivity contribution in [3.8, 4) is 0 Å². The van der Waals surface area contributed by atoms with E-state index in [4.69, 9.17) is 9.90 Å². The third kappa shape index (κ3) is 34.5. The Morgan fingerprint density at radius 2 is 1.46 bits per heavy atom. The first-order valence-electron chi connectivity index (χ1n) is 5.05. The molecule has 0 rings (SSSR count). The van der Waals surface area contributed by atoms with Gasteiger partial charge in [0.05, 0.1) is 0 Å². The number of unbranched alkanes of at least 4 members (excludes halogenated alkanes) is 2. The predicted octanol–water partition coefficient (Wildman–Crippen LogP) is 2.27. The lowest BCUT2D eigenvalue weighted by Gasteiger charge is -1.99. The highest BCUT2D eigenvalue weighted by molar-refractivity contribution is 5.62. The number of carboxylic acid groups (broad SMARTS) is 1. The summed E-state index contributed by atoms with van der Waals surface area (Å²) in [6.07, 6.45) is 5.26. The first-order valence-corrected chi connectivity index (χ1v) is 5.05. The van der Waals surface area contributed by atoms with E-state index in [1.807, 2.05) is 0 Å². The lowest BCUT2D eigenvalue weighted by Crippen LogP contribution is -2.15. The fourth-order valence-corrected chi connectivity index (χ4v) is 0.729. The molecule has 0 heterocycles. The zero-order valence-corrected chi connectivity index (χ0v) is 9.10. The van der Waals surface area contributed by atoms with Crippen LogP contribution >= 0.6 is 0 Å². The highest BCUT2D eigenvalue weighted by Crippen LogP contribution is 1.85. The van der Waals surface area contributed by atoms with Crippen molar-refractivity contribution in [2.45, 2.75) is 46.5 Å². The Kier molecular flexibility index (Phi) is 16.1. The minimum absolute atomic E-state index is 0.833. The third-order valence-corrected chi connectivity index (χ3v) is 1.41. The van der Waals surface area contributed by atoms with E-state index in [0.717, 1.165) is 6.92 Å². The number of rotatable bonds is 6. The topological polar surface area (TPSA) is 49.3 Å². The fourth-order valence-electron chi connectivity index (χ4n) is 0.729. The average Bonchev–Trinajstić information content (AvgIpc) is 2.03. The standard InChI is InChI=1S/C8H19N.C2H4O2/c1-3-5-7-9-8-6-4-2;1-2(3)4/h9H,3-8H2,1-2H3;1H3,(H,3,4). The first kappa shape index (κ1) is 14.9. The van der Waals surface area contributed by atoms with E-state index in [-0.39, 0.29) is 0 Å². The van der Waals surface area contributed by atoms with Crippen LogP contribution in [0.25, 0.3) is 0 Å². The Hall–Kier alpha value is -0.570. The quantitative estimate of drug-likeness (QED) is 0.630. The molecule has 0 aromatic heterocycles. The Morgan fingerprint density at radius 1 is 1.15 bits per heavy atom. The van der Waals surface area contributed by atoms with E-state index < -0.39 is 5.97 Å². The maximum Gasteiger partial charge on any atom is 0.300 e. The summed E-state index contributed by atoms with van der Waals surface area (Å²) in [5.74, 6) is -0.833. The van der Waals surface area contributed by atoms with E-state index in [1.165, 1.54) is 38.8 Å². The van der Waals surface area contributed by atoms with Gasteiger partial charge in [0.15, 0.2) is 0 Å². The highest BCUT2D eigenvalue weighted by atomic mass is 16.4. The zero-order valence-electron chi connectivity index (χ0n) is 9.10. The summed E-state index contributed by atoms with van der Waals surface area (Å²) >= 11 is 0. The molecule has 0 fully saturated rings. The Balaban J connectivity index is 0. The molecule has 0 saturated heterocycles. The summed E-state index contributed by atoms with van der Waals surface area (Å²) in [6.45, 7) is 7.94. The largest absolute Gasteiger partial charge is 0.481 e. The molecule has 0 radical (unpaired) electrons. The number of carboxylic acids is 1. The van der Waals surface area contributed by atoms with E-state index >= 15 is 0 Å². The van der Waals surface area contributed by atoms with Crippen molar-refractivity contribution in [3.05, 3.63) is 0 Å². The van der Waals surface area contributed by atoms with Gasteiger partial charge in [-0.3, -0.25) is 4.79 Å². The molecule has 3 nitrogen and oxygen atoms in total. The molecule has 0 atom stereocenters. The second kappa shape index (κ2) is 14.0. The predicted molar refractivity (Wildman–Crippen MR) is 56.0 cm³/mol. The van der Waals surface area contributed by atoms with Gasteiger partial charge in [-0.15, -0.1) is 0 Å². The molecule has 0 aromatic carbocycles. The van der Waals surface area contributed by atoms with Crippen molar-refractivity contribution < 1.29 is 9.90 Å². The van der Waals surface area contributed by atoms with Gasteiger partial charge in [-0.2, -0.15) is 0 Å². The lowest BCUT2D eigenvalue weighted by atomic mass is 10.3. The minimum Gasteiger partial charge on any atom is -0.481 e. The summed E-state index contributed by atoms with van der Waals surface area (Å²) in [7, 11) is 0. The van der Waals surface area contributed by atoms with Gasteiger partial charge in [-0.05, 0) is 25.9 Å². The van der Waals surface area contributed by atoms with Crippen LogP contribution in [0.1, 0.15) is 46.5 Å². The molecular weight excluding hydrogens is 166 g/mol. The molecule has 13 heavy (non-hydrogen) atoms. The molecule has 0 bridgehead atoms. The van der Waals surface area contributed by atoms with Crippen molar-refractivity contribution in [3.63, 3.8) is 0 Å². The molecule has 0 aromatic rings. The minimum atomic E-state index is -0.833. The smallest absolute Gasteiger partial charge is 0.300 e. The van der Waals surface area contributed by atoms with Gasteiger partial charge >= 0.3 is 0 Å². The SMILES string of the molecule is CC(=O)O.CCCCNCCCC. The number of hydrogen-bond donors (Lipinski definition) is 2.